The summed E-state index contributed by atoms with van der Waals surface area (Å²) in [6, 6.07) is 0. The summed E-state index contributed by atoms with van der Waals surface area (Å²) in [4.78, 5) is 0. The molecule has 0 atom stereocenters. The molecular weight excluding hydrogens is 188 g/mol. The third-order valence-corrected chi connectivity index (χ3v) is 1.89. The van der Waals surface area contributed by atoms with Crippen molar-refractivity contribution >= 4 is 5.69 Å². The van der Waals surface area contributed by atoms with Crippen molar-refractivity contribution in [2.24, 2.45) is 0 Å². The first-order chi connectivity index (χ1) is 6.47. The van der Waals surface area contributed by atoms with Crippen LogP contribution in [0.5, 0.6) is 0 Å². The van der Waals surface area contributed by atoms with Gasteiger partial charge in [-0.3, -0.25) is 4.68 Å². The van der Waals surface area contributed by atoms with E-state index in [1.165, 1.54) is 6.20 Å². The van der Waals surface area contributed by atoms with E-state index in [2.05, 4.69) is 5.10 Å². The SMILES string of the molecule is CC(F)(F)CCCCn1cc([NH-])cn1. The van der Waals surface area contributed by atoms with Gasteiger partial charge in [0.05, 0.1) is 0 Å². The fourth-order valence-electron chi connectivity index (χ4n) is 1.20. The largest absolute Gasteiger partial charge is 0.696 e. The van der Waals surface area contributed by atoms with Crippen molar-refractivity contribution in [1.82, 2.24) is 9.78 Å². The highest BCUT2D eigenvalue weighted by molar-refractivity contribution is 5.36. The highest BCUT2D eigenvalue weighted by atomic mass is 19.3. The topological polar surface area (TPSA) is 41.6 Å². The van der Waals surface area contributed by atoms with Gasteiger partial charge in [-0.15, -0.1) is 5.69 Å². The van der Waals surface area contributed by atoms with Crippen LogP contribution in [0.3, 0.4) is 0 Å². The lowest BCUT2D eigenvalue weighted by Gasteiger charge is -2.09. The summed E-state index contributed by atoms with van der Waals surface area (Å²) < 4.78 is 26.4. The molecule has 0 saturated heterocycles. The van der Waals surface area contributed by atoms with Gasteiger partial charge in [-0.2, -0.15) is 5.10 Å². The Balaban J connectivity index is 2.16. The first-order valence-corrected chi connectivity index (χ1v) is 4.59. The number of unbranched alkanes of at least 4 members (excludes halogenated alkanes) is 1. The summed E-state index contributed by atoms with van der Waals surface area (Å²) in [5, 5.41) is 3.89. The lowest BCUT2D eigenvalue weighted by Crippen LogP contribution is -2.09. The zero-order valence-corrected chi connectivity index (χ0v) is 8.13. The Kier molecular flexibility index (Phi) is 3.43. The van der Waals surface area contributed by atoms with Crippen LogP contribution in [-0.2, 0) is 6.54 Å². The molecule has 0 unspecified atom stereocenters. The number of nitrogens with zero attached hydrogens (tertiary/aromatic N) is 2. The van der Waals surface area contributed by atoms with E-state index in [9.17, 15) is 8.78 Å². The van der Waals surface area contributed by atoms with E-state index in [1.807, 2.05) is 0 Å². The number of nitrogens with one attached hydrogen (secondary N) is 1. The van der Waals surface area contributed by atoms with Crippen molar-refractivity contribution in [2.45, 2.75) is 38.7 Å². The van der Waals surface area contributed by atoms with Crippen LogP contribution in [0.1, 0.15) is 26.2 Å². The zero-order chi connectivity index (χ0) is 10.6. The second kappa shape index (κ2) is 4.39. The average molecular weight is 202 g/mol. The minimum Gasteiger partial charge on any atom is -0.696 e. The number of aromatic nitrogens is 2. The summed E-state index contributed by atoms with van der Waals surface area (Å²) in [5.74, 6) is -2.56. The molecule has 1 N–H and O–H groups in total. The Labute approximate surface area is 81.9 Å². The van der Waals surface area contributed by atoms with E-state index in [4.69, 9.17) is 5.73 Å². The van der Waals surface area contributed by atoms with Crippen molar-refractivity contribution in [3.8, 4) is 0 Å². The van der Waals surface area contributed by atoms with Gasteiger partial charge < -0.3 is 5.73 Å². The van der Waals surface area contributed by atoms with Gasteiger partial charge >= 0.3 is 0 Å². The summed E-state index contributed by atoms with van der Waals surface area (Å²) in [7, 11) is 0. The predicted octanol–water partition coefficient (Wildman–Crippen LogP) is 3.39. The minimum absolute atomic E-state index is 0.0813. The smallest absolute Gasteiger partial charge is 0.245 e. The van der Waals surface area contributed by atoms with Crippen LogP contribution in [0.15, 0.2) is 12.4 Å². The maximum Gasteiger partial charge on any atom is 0.245 e. The molecule has 1 rings (SSSR count). The quantitative estimate of drug-likeness (QED) is 0.674. The van der Waals surface area contributed by atoms with E-state index in [-0.39, 0.29) is 6.42 Å². The third kappa shape index (κ3) is 4.20. The van der Waals surface area contributed by atoms with Crippen molar-refractivity contribution in [3.05, 3.63) is 18.1 Å². The van der Waals surface area contributed by atoms with Gasteiger partial charge in [0.15, 0.2) is 0 Å². The molecule has 5 heteroatoms. The Morgan fingerprint density at radius 3 is 2.71 bits per heavy atom. The fourth-order valence-corrected chi connectivity index (χ4v) is 1.20. The zero-order valence-electron chi connectivity index (χ0n) is 8.13. The maximum atomic E-state index is 12.4. The Morgan fingerprint density at radius 1 is 1.50 bits per heavy atom. The minimum atomic E-state index is -2.56. The van der Waals surface area contributed by atoms with Gasteiger partial charge in [0.1, 0.15) is 0 Å². The summed E-state index contributed by atoms with van der Waals surface area (Å²) >= 11 is 0. The lowest BCUT2D eigenvalue weighted by atomic mass is 10.1. The standard InChI is InChI=1S/C9H14F2N3/c1-9(10,11)4-2-3-5-14-7-8(12)6-13-14/h6-7,12H,2-5H2,1H3/q-1. The number of hydrogen-bond acceptors (Lipinski definition) is 1. The van der Waals surface area contributed by atoms with Crippen molar-refractivity contribution in [1.29, 1.82) is 0 Å². The van der Waals surface area contributed by atoms with Gasteiger partial charge in [-0.1, -0.05) is 0 Å². The monoisotopic (exact) mass is 202 g/mol. The molecule has 0 aromatic carbocycles. The molecule has 1 heterocycles. The van der Waals surface area contributed by atoms with Gasteiger partial charge in [-0.05, 0) is 19.8 Å². The van der Waals surface area contributed by atoms with Crippen molar-refractivity contribution < 1.29 is 8.78 Å². The fraction of sp³-hybridized carbons (Fsp3) is 0.667. The molecule has 1 aromatic heterocycles. The molecule has 80 valence electrons. The van der Waals surface area contributed by atoms with E-state index in [0.717, 1.165) is 6.92 Å². The molecule has 0 saturated carbocycles. The van der Waals surface area contributed by atoms with Crippen LogP contribution in [-0.4, -0.2) is 15.7 Å². The molecule has 0 aliphatic heterocycles. The molecule has 3 nitrogen and oxygen atoms in total. The van der Waals surface area contributed by atoms with Crippen LogP contribution < -0.4 is 0 Å². The summed E-state index contributed by atoms with van der Waals surface area (Å²) in [5.41, 5.74) is 7.54. The first kappa shape index (κ1) is 10.9. The lowest BCUT2D eigenvalue weighted by molar-refractivity contribution is 0.0102. The van der Waals surface area contributed by atoms with Gasteiger partial charge in [0, 0.05) is 25.4 Å². The summed E-state index contributed by atoms with van der Waals surface area (Å²) in [6.45, 7) is 1.54. The molecule has 0 aliphatic carbocycles. The Bertz CT molecular complexity index is 278. The Morgan fingerprint density at radius 2 is 2.21 bits per heavy atom. The number of aryl methyl sites for hydroxylation is 1. The molecule has 0 bridgehead atoms. The van der Waals surface area contributed by atoms with E-state index in [1.54, 1.807) is 10.9 Å². The van der Waals surface area contributed by atoms with E-state index in [0.29, 0.717) is 25.1 Å². The van der Waals surface area contributed by atoms with Crippen LogP contribution in [0.2, 0.25) is 0 Å². The van der Waals surface area contributed by atoms with Crippen molar-refractivity contribution in [3.63, 3.8) is 0 Å². The number of hydrogen-bond donors (Lipinski definition) is 0. The second-order valence-corrected chi connectivity index (χ2v) is 3.52. The molecule has 0 fully saturated rings. The highest BCUT2D eigenvalue weighted by Crippen LogP contribution is 2.19. The number of halogens is 2. The van der Waals surface area contributed by atoms with Crippen molar-refractivity contribution in [2.75, 3.05) is 0 Å². The molecule has 0 radical (unpaired) electrons. The number of rotatable bonds is 5. The van der Waals surface area contributed by atoms with Crippen LogP contribution >= 0.6 is 0 Å². The molecule has 1 aromatic rings. The number of alkyl halides is 2. The van der Waals surface area contributed by atoms with Crippen LogP contribution in [0.25, 0.3) is 5.73 Å². The maximum absolute atomic E-state index is 12.4. The Hall–Kier alpha value is -1.13. The van der Waals surface area contributed by atoms with Gasteiger partial charge in [0.2, 0.25) is 5.92 Å². The van der Waals surface area contributed by atoms with E-state index < -0.39 is 5.92 Å². The molecule has 0 aliphatic rings. The van der Waals surface area contributed by atoms with Gasteiger partial charge in [-0.25, -0.2) is 8.78 Å². The molecular formula is C9H14F2N3-. The van der Waals surface area contributed by atoms with Crippen LogP contribution in [0.4, 0.5) is 14.5 Å². The highest BCUT2D eigenvalue weighted by Gasteiger charge is 2.19. The second-order valence-electron chi connectivity index (χ2n) is 3.52. The average Bonchev–Trinajstić information content (AvgIpc) is 2.44. The normalized spacial score (nSPS) is 11.9. The molecule has 14 heavy (non-hydrogen) atoms. The molecule has 0 amide bonds. The predicted molar refractivity (Wildman–Crippen MR) is 50.7 cm³/mol. The first-order valence-electron chi connectivity index (χ1n) is 4.59. The molecule has 0 spiro atoms. The third-order valence-electron chi connectivity index (χ3n) is 1.89. The van der Waals surface area contributed by atoms with E-state index >= 15 is 0 Å². The van der Waals surface area contributed by atoms with Gasteiger partial charge in [0.25, 0.3) is 0 Å². The van der Waals surface area contributed by atoms with Crippen LogP contribution in [0, 0.1) is 0 Å². The summed E-state index contributed by atoms with van der Waals surface area (Å²) in [6.07, 6.45) is 4.10.